The molecule has 3 nitrogen and oxygen atoms in total. The summed E-state index contributed by atoms with van der Waals surface area (Å²) in [7, 11) is 0. The van der Waals surface area contributed by atoms with Crippen molar-refractivity contribution in [2.75, 3.05) is 13.2 Å². The van der Waals surface area contributed by atoms with Crippen LogP contribution in [-0.2, 0) is 0 Å². The van der Waals surface area contributed by atoms with Crippen molar-refractivity contribution in [3.05, 3.63) is 35.6 Å². The molecule has 0 aliphatic heterocycles. The van der Waals surface area contributed by atoms with Gasteiger partial charge in [0.05, 0.1) is 6.07 Å². The van der Waals surface area contributed by atoms with Crippen LogP contribution in [0.25, 0.3) is 0 Å². The maximum absolute atomic E-state index is 12.9. The Morgan fingerprint density at radius 2 is 2.33 bits per heavy atom. The highest BCUT2D eigenvalue weighted by atomic mass is 19.1. The van der Waals surface area contributed by atoms with Crippen LogP contribution in [0.4, 0.5) is 4.39 Å². The first-order valence-corrected chi connectivity index (χ1v) is 4.77. The third-order valence-corrected chi connectivity index (χ3v) is 1.99. The number of hydrogen-bond donors (Lipinski definition) is 2. The zero-order chi connectivity index (χ0) is 11.1. The van der Waals surface area contributed by atoms with E-state index in [1.54, 1.807) is 12.1 Å². The topological polar surface area (TPSA) is 56.0 Å². The smallest absolute Gasteiger partial charge is 0.123 e. The summed E-state index contributed by atoms with van der Waals surface area (Å²) in [4.78, 5) is 0. The summed E-state index contributed by atoms with van der Waals surface area (Å²) in [5, 5.41) is 20.4. The summed E-state index contributed by atoms with van der Waals surface area (Å²) >= 11 is 0. The summed E-state index contributed by atoms with van der Waals surface area (Å²) < 4.78 is 12.9. The number of aliphatic hydroxyl groups excluding tert-OH is 1. The number of hydrogen-bond acceptors (Lipinski definition) is 3. The van der Waals surface area contributed by atoms with Crippen molar-refractivity contribution >= 4 is 0 Å². The fraction of sp³-hybridized carbons (Fsp3) is 0.364. The van der Waals surface area contributed by atoms with Crippen LogP contribution in [0.2, 0.25) is 0 Å². The van der Waals surface area contributed by atoms with Gasteiger partial charge in [0.25, 0.3) is 0 Å². The maximum atomic E-state index is 12.9. The van der Waals surface area contributed by atoms with E-state index in [1.165, 1.54) is 12.1 Å². The average Bonchev–Trinajstić information content (AvgIpc) is 2.24. The van der Waals surface area contributed by atoms with Crippen LogP contribution in [0, 0.1) is 17.1 Å². The third kappa shape index (κ3) is 3.66. The van der Waals surface area contributed by atoms with Gasteiger partial charge in [0.15, 0.2) is 0 Å². The molecular weight excluding hydrogens is 195 g/mol. The van der Waals surface area contributed by atoms with Crippen molar-refractivity contribution in [3.8, 4) is 6.07 Å². The van der Waals surface area contributed by atoms with Gasteiger partial charge in [-0.1, -0.05) is 12.1 Å². The Hall–Kier alpha value is -1.44. The van der Waals surface area contributed by atoms with Gasteiger partial charge in [0.2, 0.25) is 0 Å². The number of nitrogens with one attached hydrogen (secondary N) is 1. The molecule has 1 rings (SSSR count). The Bertz CT molecular complexity index is 349. The van der Waals surface area contributed by atoms with Crippen molar-refractivity contribution in [1.29, 1.82) is 5.26 Å². The molecule has 0 aromatic heterocycles. The minimum Gasteiger partial charge on any atom is -0.396 e. The Morgan fingerprint density at radius 1 is 1.53 bits per heavy atom. The van der Waals surface area contributed by atoms with Crippen molar-refractivity contribution < 1.29 is 9.50 Å². The van der Waals surface area contributed by atoms with Crippen LogP contribution < -0.4 is 5.32 Å². The lowest BCUT2D eigenvalue weighted by Gasteiger charge is -2.10. The highest BCUT2D eigenvalue weighted by Crippen LogP contribution is 2.13. The quantitative estimate of drug-likeness (QED) is 0.718. The van der Waals surface area contributed by atoms with E-state index >= 15 is 0 Å². The molecule has 4 heteroatoms. The number of aliphatic hydroxyl groups is 1. The van der Waals surface area contributed by atoms with E-state index in [-0.39, 0.29) is 12.4 Å². The standard InChI is InChI=1S/C11H13FN2O/c12-10-4-1-3-9(7-10)11(8-13)14-5-2-6-15/h1,3-4,7,11,14-15H,2,5-6H2. The van der Waals surface area contributed by atoms with Gasteiger partial charge in [-0.2, -0.15) is 5.26 Å². The molecule has 0 bridgehead atoms. The van der Waals surface area contributed by atoms with Crippen molar-refractivity contribution in [3.63, 3.8) is 0 Å². The predicted molar refractivity (Wildman–Crippen MR) is 54.5 cm³/mol. The van der Waals surface area contributed by atoms with E-state index in [1.807, 2.05) is 6.07 Å². The van der Waals surface area contributed by atoms with Crippen molar-refractivity contribution in [2.45, 2.75) is 12.5 Å². The van der Waals surface area contributed by atoms with Crippen LogP contribution >= 0.6 is 0 Å². The first-order chi connectivity index (χ1) is 7.27. The molecule has 0 amide bonds. The maximum Gasteiger partial charge on any atom is 0.123 e. The third-order valence-electron chi connectivity index (χ3n) is 1.99. The van der Waals surface area contributed by atoms with E-state index in [2.05, 4.69) is 5.32 Å². The molecule has 0 aliphatic carbocycles. The molecule has 2 N–H and O–H groups in total. The Labute approximate surface area is 88.2 Å². The Balaban J connectivity index is 2.63. The van der Waals surface area contributed by atoms with Gasteiger partial charge >= 0.3 is 0 Å². The van der Waals surface area contributed by atoms with Gasteiger partial charge < -0.3 is 5.11 Å². The molecular formula is C11H13FN2O. The lowest BCUT2D eigenvalue weighted by atomic mass is 10.1. The second-order valence-corrected chi connectivity index (χ2v) is 3.15. The van der Waals surface area contributed by atoms with Crippen LogP contribution in [0.1, 0.15) is 18.0 Å². The normalized spacial score (nSPS) is 12.1. The molecule has 0 spiro atoms. The van der Waals surface area contributed by atoms with Crippen molar-refractivity contribution in [2.24, 2.45) is 0 Å². The number of halogens is 1. The molecule has 80 valence electrons. The van der Waals surface area contributed by atoms with Gasteiger partial charge in [-0.15, -0.1) is 0 Å². The van der Waals surface area contributed by atoms with Gasteiger partial charge in [0.1, 0.15) is 11.9 Å². The molecule has 0 aliphatic rings. The summed E-state index contributed by atoms with van der Waals surface area (Å²) in [6.07, 6.45) is 0.577. The molecule has 1 unspecified atom stereocenters. The summed E-state index contributed by atoms with van der Waals surface area (Å²) in [6, 6.07) is 7.47. The molecule has 1 aromatic carbocycles. The molecule has 0 saturated heterocycles. The molecule has 0 saturated carbocycles. The fourth-order valence-electron chi connectivity index (χ4n) is 1.25. The summed E-state index contributed by atoms with van der Waals surface area (Å²) in [6.45, 7) is 0.611. The molecule has 0 heterocycles. The molecule has 0 radical (unpaired) electrons. The van der Waals surface area contributed by atoms with Crippen LogP contribution in [0.15, 0.2) is 24.3 Å². The van der Waals surface area contributed by atoms with Gasteiger partial charge in [0, 0.05) is 6.61 Å². The number of nitrogens with zero attached hydrogens (tertiary/aromatic N) is 1. The van der Waals surface area contributed by atoms with Crippen LogP contribution in [0.5, 0.6) is 0 Å². The Kier molecular flexibility index (Phi) is 4.75. The minimum atomic E-state index is -0.521. The summed E-state index contributed by atoms with van der Waals surface area (Å²) in [5.74, 6) is -0.350. The van der Waals surface area contributed by atoms with E-state index in [0.29, 0.717) is 18.5 Å². The first-order valence-electron chi connectivity index (χ1n) is 4.77. The lowest BCUT2D eigenvalue weighted by molar-refractivity contribution is 0.285. The van der Waals surface area contributed by atoms with Gasteiger partial charge in [-0.05, 0) is 30.7 Å². The fourth-order valence-corrected chi connectivity index (χ4v) is 1.25. The number of benzene rings is 1. The molecule has 1 aromatic rings. The van der Waals surface area contributed by atoms with E-state index in [4.69, 9.17) is 10.4 Å². The van der Waals surface area contributed by atoms with Crippen LogP contribution in [0.3, 0.4) is 0 Å². The Morgan fingerprint density at radius 3 is 2.93 bits per heavy atom. The van der Waals surface area contributed by atoms with Crippen LogP contribution in [-0.4, -0.2) is 18.3 Å². The first kappa shape index (κ1) is 11.6. The van der Waals surface area contributed by atoms with E-state index in [0.717, 1.165) is 0 Å². The van der Waals surface area contributed by atoms with Gasteiger partial charge in [-0.25, -0.2) is 4.39 Å². The SMILES string of the molecule is N#CC(NCCCO)c1cccc(F)c1. The predicted octanol–water partition coefficient (Wildman–Crippen LogP) is 1.36. The van der Waals surface area contributed by atoms with E-state index < -0.39 is 6.04 Å². The zero-order valence-electron chi connectivity index (χ0n) is 8.28. The number of rotatable bonds is 5. The molecule has 0 fully saturated rings. The lowest BCUT2D eigenvalue weighted by Crippen LogP contribution is -2.21. The second-order valence-electron chi connectivity index (χ2n) is 3.15. The van der Waals surface area contributed by atoms with E-state index in [9.17, 15) is 4.39 Å². The monoisotopic (exact) mass is 208 g/mol. The summed E-state index contributed by atoms with van der Waals surface area (Å²) in [5.41, 5.74) is 0.607. The zero-order valence-corrected chi connectivity index (χ0v) is 8.28. The second kappa shape index (κ2) is 6.12. The molecule has 1 atom stereocenters. The minimum absolute atomic E-state index is 0.0777. The molecule has 15 heavy (non-hydrogen) atoms. The average molecular weight is 208 g/mol. The van der Waals surface area contributed by atoms with Crippen molar-refractivity contribution in [1.82, 2.24) is 5.32 Å². The highest BCUT2D eigenvalue weighted by Gasteiger charge is 2.09. The largest absolute Gasteiger partial charge is 0.396 e. The highest BCUT2D eigenvalue weighted by molar-refractivity contribution is 5.24. The number of nitriles is 1. The van der Waals surface area contributed by atoms with Gasteiger partial charge in [-0.3, -0.25) is 5.32 Å².